The fraction of sp³-hybridized carbons (Fsp3) is 0.529. The zero-order valence-electron chi connectivity index (χ0n) is 12.5. The van der Waals surface area contributed by atoms with Gasteiger partial charge in [-0.25, -0.2) is 4.79 Å². The summed E-state index contributed by atoms with van der Waals surface area (Å²) in [6, 6.07) is 7.08. The number of amides is 2. The lowest BCUT2D eigenvalue weighted by atomic mass is 10.1. The van der Waals surface area contributed by atoms with Crippen LogP contribution in [0.1, 0.15) is 43.0 Å². The number of anilines is 1. The number of hydrogen-bond donors (Lipinski definition) is 1. The van der Waals surface area contributed by atoms with Gasteiger partial charge in [0.25, 0.3) is 0 Å². The Bertz CT molecular complexity index is 516. The SMILES string of the molecule is CC(=O)c1ccc(NC(=O)N(CC2CC2)CC2CC2)cc1. The number of hydrogen-bond acceptors (Lipinski definition) is 2. The highest BCUT2D eigenvalue weighted by Crippen LogP contribution is 2.33. The van der Waals surface area contributed by atoms with Crippen molar-refractivity contribution < 1.29 is 9.59 Å². The maximum absolute atomic E-state index is 12.4. The molecule has 0 aromatic heterocycles. The van der Waals surface area contributed by atoms with Gasteiger partial charge in [0.2, 0.25) is 0 Å². The lowest BCUT2D eigenvalue weighted by Gasteiger charge is -2.23. The number of nitrogens with zero attached hydrogens (tertiary/aromatic N) is 1. The largest absolute Gasteiger partial charge is 0.324 e. The number of urea groups is 1. The Labute approximate surface area is 125 Å². The minimum Gasteiger partial charge on any atom is -0.324 e. The Balaban J connectivity index is 1.60. The Morgan fingerprint density at radius 3 is 2.00 bits per heavy atom. The first kappa shape index (κ1) is 14.1. The number of benzene rings is 1. The summed E-state index contributed by atoms with van der Waals surface area (Å²) in [5, 5.41) is 2.95. The van der Waals surface area contributed by atoms with Gasteiger partial charge in [-0.2, -0.15) is 0 Å². The van der Waals surface area contributed by atoms with Crippen molar-refractivity contribution in [3.63, 3.8) is 0 Å². The van der Waals surface area contributed by atoms with E-state index in [0.29, 0.717) is 17.4 Å². The molecular formula is C17H22N2O2. The second-order valence-corrected chi connectivity index (χ2v) is 6.36. The van der Waals surface area contributed by atoms with Gasteiger partial charge in [0.05, 0.1) is 0 Å². The minimum atomic E-state index is -0.00984. The van der Waals surface area contributed by atoms with Crippen molar-refractivity contribution in [2.45, 2.75) is 32.6 Å². The van der Waals surface area contributed by atoms with Gasteiger partial charge in [-0.15, -0.1) is 0 Å². The van der Waals surface area contributed by atoms with E-state index in [1.165, 1.54) is 25.7 Å². The van der Waals surface area contributed by atoms with Crippen LogP contribution < -0.4 is 5.32 Å². The van der Waals surface area contributed by atoms with Crippen molar-refractivity contribution >= 4 is 17.5 Å². The molecule has 2 saturated carbocycles. The molecule has 2 amide bonds. The second kappa shape index (κ2) is 5.88. The molecule has 0 heterocycles. The molecule has 4 nitrogen and oxygen atoms in total. The maximum atomic E-state index is 12.4. The van der Waals surface area contributed by atoms with E-state index in [2.05, 4.69) is 5.32 Å². The van der Waals surface area contributed by atoms with Crippen molar-refractivity contribution in [1.82, 2.24) is 4.90 Å². The average molecular weight is 286 g/mol. The summed E-state index contributed by atoms with van der Waals surface area (Å²) < 4.78 is 0. The Morgan fingerprint density at radius 2 is 1.57 bits per heavy atom. The van der Waals surface area contributed by atoms with Crippen LogP contribution in [0.4, 0.5) is 10.5 Å². The van der Waals surface area contributed by atoms with Crippen LogP contribution in [0.25, 0.3) is 0 Å². The van der Waals surface area contributed by atoms with E-state index in [1.54, 1.807) is 31.2 Å². The summed E-state index contributed by atoms with van der Waals surface area (Å²) in [6.45, 7) is 3.31. The highest BCUT2D eigenvalue weighted by atomic mass is 16.2. The highest BCUT2D eigenvalue weighted by Gasteiger charge is 2.31. The quantitative estimate of drug-likeness (QED) is 0.813. The molecule has 1 aromatic rings. The molecule has 4 heteroatoms. The topological polar surface area (TPSA) is 49.4 Å². The van der Waals surface area contributed by atoms with Gasteiger partial charge in [0.1, 0.15) is 0 Å². The molecule has 0 bridgehead atoms. The molecule has 0 aliphatic heterocycles. The molecular weight excluding hydrogens is 264 g/mol. The molecule has 2 fully saturated rings. The van der Waals surface area contributed by atoms with Crippen molar-refractivity contribution in [3.05, 3.63) is 29.8 Å². The van der Waals surface area contributed by atoms with Crippen LogP contribution in [0.15, 0.2) is 24.3 Å². The minimum absolute atomic E-state index is 0.00984. The van der Waals surface area contributed by atoms with Gasteiger partial charge in [-0.1, -0.05) is 0 Å². The third kappa shape index (κ3) is 4.06. The van der Waals surface area contributed by atoms with Crippen LogP contribution in [0.5, 0.6) is 0 Å². The van der Waals surface area contributed by atoms with Gasteiger partial charge >= 0.3 is 6.03 Å². The second-order valence-electron chi connectivity index (χ2n) is 6.36. The maximum Gasteiger partial charge on any atom is 0.321 e. The van der Waals surface area contributed by atoms with E-state index in [9.17, 15) is 9.59 Å². The van der Waals surface area contributed by atoms with Crippen molar-refractivity contribution in [1.29, 1.82) is 0 Å². The number of ketones is 1. The lowest BCUT2D eigenvalue weighted by molar-refractivity contribution is 0.101. The standard InChI is InChI=1S/C17H22N2O2/c1-12(20)15-6-8-16(9-7-15)18-17(21)19(10-13-2-3-13)11-14-4-5-14/h6-9,13-14H,2-5,10-11H2,1H3,(H,18,21). The van der Waals surface area contributed by atoms with E-state index >= 15 is 0 Å². The smallest absolute Gasteiger partial charge is 0.321 e. The molecule has 2 aliphatic carbocycles. The molecule has 1 aromatic carbocycles. The number of carbonyl (C=O) groups excluding carboxylic acids is 2. The Hall–Kier alpha value is -1.84. The van der Waals surface area contributed by atoms with Gasteiger partial charge < -0.3 is 10.2 Å². The van der Waals surface area contributed by atoms with Crippen LogP contribution >= 0.6 is 0 Å². The predicted octanol–water partition coefficient (Wildman–Crippen LogP) is 3.54. The molecule has 0 spiro atoms. The molecule has 2 aliphatic rings. The normalized spacial score (nSPS) is 17.4. The number of carbonyl (C=O) groups is 2. The Morgan fingerprint density at radius 1 is 1.05 bits per heavy atom. The number of Topliss-reactive ketones (excluding diaryl/α,β-unsaturated/α-hetero) is 1. The summed E-state index contributed by atoms with van der Waals surface area (Å²) in [5.74, 6) is 1.45. The first-order valence-corrected chi connectivity index (χ1v) is 7.79. The van der Waals surface area contributed by atoms with Crippen LogP contribution in [0, 0.1) is 11.8 Å². The Kier molecular flexibility index (Phi) is 3.95. The summed E-state index contributed by atoms with van der Waals surface area (Å²) in [6.07, 6.45) is 5.01. The van der Waals surface area contributed by atoms with Crippen molar-refractivity contribution in [3.8, 4) is 0 Å². The molecule has 21 heavy (non-hydrogen) atoms. The zero-order chi connectivity index (χ0) is 14.8. The number of rotatable bonds is 6. The fourth-order valence-electron chi connectivity index (χ4n) is 2.46. The van der Waals surface area contributed by atoms with Crippen molar-refractivity contribution in [2.24, 2.45) is 11.8 Å². The first-order valence-electron chi connectivity index (χ1n) is 7.79. The molecule has 112 valence electrons. The average Bonchev–Trinajstić information content (AvgIpc) is 3.34. The lowest BCUT2D eigenvalue weighted by Crippen LogP contribution is -2.38. The van der Waals surface area contributed by atoms with Crippen LogP contribution in [-0.4, -0.2) is 29.8 Å². The van der Waals surface area contributed by atoms with Crippen LogP contribution in [0.3, 0.4) is 0 Å². The van der Waals surface area contributed by atoms with E-state index in [-0.39, 0.29) is 11.8 Å². The van der Waals surface area contributed by atoms with Crippen LogP contribution in [0.2, 0.25) is 0 Å². The summed E-state index contributed by atoms with van der Waals surface area (Å²) in [4.78, 5) is 25.6. The molecule has 0 unspecified atom stereocenters. The summed E-state index contributed by atoms with van der Waals surface area (Å²) in [7, 11) is 0. The van der Waals surface area contributed by atoms with E-state index in [1.807, 2.05) is 4.90 Å². The zero-order valence-corrected chi connectivity index (χ0v) is 12.5. The van der Waals surface area contributed by atoms with E-state index in [0.717, 1.165) is 18.8 Å². The third-order valence-corrected chi connectivity index (χ3v) is 4.18. The molecule has 0 saturated heterocycles. The fourth-order valence-corrected chi connectivity index (χ4v) is 2.46. The van der Waals surface area contributed by atoms with Gasteiger partial charge in [0, 0.05) is 24.3 Å². The molecule has 0 atom stereocenters. The first-order chi connectivity index (χ1) is 10.1. The third-order valence-electron chi connectivity index (χ3n) is 4.18. The molecule has 3 rings (SSSR count). The highest BCUT2D eigenvalue weighted by molar-refractivity contribution is 5.95. The predicted molar refractivity (Wildman–Crippen MR) is 82.5 cm³/mol. The molecule has 1 N–H and O–H groups in total. The van der Waals surface area contributed by atoms with Gasteiger partial charge in [0.15, 0.2) is 5.78 Å². The van der Waals surface area contributed by atoms with Gasteiger partial charge in [-0.05, 0) is 68.7 Å². The van der Waals surface area contributed by atoms with E-state index < -0.39 is 0 Å². The monoisotopic (exact) mass is 286 g/mol. The van der Waals surface area contributed by atoms with Gasteiger partial charge in [-0.3, -0.25) is 4.79 Å². The number of nitrogens with one attached hydrogen (secondary N) is 1. The summed E-state index contributed by atoms with van der Waals surface area (Å²) in [5.41, 5.74) is 1.42. The molecule has 0 radical (unpaired) electrons. The van der Waals surface area contributed by atoms with E-state index in [4.69, 9.17) is 0 Å². The van der Waals surface area contributed by atoms with Crippen molar-refractivity contribution in [2.75, 3.05) is 18.4 Å². The van der Waals surface area contributed by atoms with Crippen LogP contribution in [-0.2, 0) is 0 Å². The summed E-state index contributed by atoms with van der Waals surface area (Å²) >= 11 is 0.